The molecule has 232 valence electrons. The average molecular weight is 603 g/mol. The number of anilines is 3. The standard InChI is InChI=1S/C33H39FN6O4/c1-23(35-29-12-5-4-11-28(29)34)24-9-8-10-25(21-24)36-32(42)37-26-13-14-30-27(22-26)31(41)40(19-20-44-2)33(43)39(30)18-17-38-15-6-3-7-16-38/h4-5,8-14,21-23,35H,3,6-7,15-20H2,1-2H3,(H2,36,37,42). The lowest BCUT2D eigenvalue weighted by molar-refractivity contribution is 0.183. The van der Waals surface area contributed by atoms with E-state index in [4.69, 9.17) is 4.74 Å². The quantitative estimate of drug-likeness (QED) is 0.216. The fraction of sp³-hybridized carbons (Fsp3) is 0.364. The number of halogens is 1. The zero-order valence-electron chi connectivity index (χ0n) is 25.1. The SMILES string of the molecule is COCCn1c(=O)c2cc(NC(=O)Nc3cccc(C(C)Nc4ccccc4F)c3)ccc2n(CCN2CCCCC2)c1=O. The van der Waals surface area contributed by atoms with Crippen LogP contribution in [0.1, 0.15) is 37.8 Å². The van der Waals surface area contributed by atoms with Crippen LogP contribution in [0.15, 0.2) is 76.3 Å². The zero-order chi connectivity index (χ0) is 31.1. The van der Waals surface area contributed by atoms with Crippen molar-refractivity contribution in [1.29, 1.82) is 0 Å². The number of aromatic nitrogens is 2. The number of para-hydroxylation sites is 1. The minimum absolute atomic E-state index is 0.131. The molecule has 1 atom stereocenters. The predicted molar refractivity (Wildman–Crippen MR) is 172 cm³/mol. The lowest BCUT2D eigenvalue weighted by atomic mass is 10.1. The molecule has 1 fully saturated rings. The first-order chi connectivity index (χ1) is 21.3. The molecule has 1 aliphatic rings. The van der Waals surface area contributed by atoms with Crippen LogP contribution in [0.3, 0.4) is 0 Å². The first-order valence-corrected chi connectivity index (χ1v) is 15.0. The van der Waals surface area contributed by atoms with E-state index in [1.165, 1.54) is 24.2 Å². The number of rotatable bonds is 11. The van der Waals surface area contributed by atoms with Crippen LogP contribution in [0, 0.1) is 5.82 Å². The van der Waals surface area contributed by atoms with Crippen LogP contribution in [0.5, 0.6) is 0 Å². The molecule has 0 radical (unpaired) electrons. The Morgan fingerprint density at radius 2 is 1.64 bits per heavy atom. The van der Waals surface area contributed by atoms with Gasteiger partial charge in [-0.25, -0.2) is 14.0 Å². The highest BCUT2D eigenvalue weighted by Gasteiger charge is 2.17. The van der Waals surface area contributed by atoms with Gasteiger partial charge in [0.1, 0.15) is 5.82 Å². The second-order valence-corrected chi connectivity index (χ2v) is 11.1. The molecule has 0 saturated carbocycles. The third kappa shape index (κ3) is 7.35. The van der Waals surface area contributed by atoms with Crippen molar-refractivity contribution in [2.45, 2.75) is 45.3 Å². The molecule has 0 spiro atoms. The topological polar surface area (TPSA) is 110 Å². The van der Waals surface area contributed by atoms with Gasteiger partial charge in [-0.2, -0.15) is 0 Å². The van der Waals surface area contributed by atoms with Crippen molar-refractivity contribution in [3.8, 4) is 0 Å². The van der Waals surface area contributed by atoms with Crippen molar-refractivity contribution in [2.75, 3.05) is 49.3 Å². The largest absolute Gasteiger partial charge is 0.383 e. The van der Waals surface area contributed by atoms with Crippen molar-refractivity contribution >= 4 is 34.0 Å². The molecule has 3 aromatic carbocycles. The van der Waals surface area contributed by atoms with Crippen molar-refractivity contribution < 1.29 is 13.9 Å². The molecule has 10 nitrogen and oxygen atoms in total. The molecule has 3 N–H and O–H groups in total. The van der Waals surface area contributed by atoms with Crippen LogP contribution >= 0.6 is 0 Å². The number of urea groups is 1. The van der Waals surface area contributed by atoms with Gasteiger partial charge in [0, 0.05) is 37.6 Å². The summed E-state index contributed by atoms with van der Waals surface area (Å²) in [7, 11) is 1.53. The predicted octanol–water partition coefficient (Wildman–Crippen LogP) is 5.25. The molecule has 44 heavy (non-hydrogen) atoms. The molecule has 11 heteroatoms. The number of amides is 2. The van der Waals surface area contributed by atoms with Crippen LogP contribution in [0.2, 0.25) is 0 Å². The Kier molecular flexibility index (Phi) is 10.1. The van der Waals surface area contributed by atoms with Crippen LogP contribution < -0.4 is 27.2 Å². The molecule has 5 rings (SSSR count). The minimum atomic E-state index is -0.491. The van der Waals surface area contributed by atoms with Crippen molar-refractivity contribution in [3.63, 3.8) is 0 Å². The van der Waals surface area contributed by atoms with Gasteiger partial charge in [0.25, 0.3) is 5.56 Å². The summed E-state index contributed by atoms with van der Waals surface area (Å²) in [4.78, 5) is 42.1. The van der Waals surface area contributed by atoms with Crippen molar-refractivity contribution in [3.05, 3.63) is 98.9 Å². The van der Waals surface area contributed by atoms with Gasteiger partial charge in [-0.3, -0.25) is 13.9 Å². The maximum absolute atomic E-state index is 14.1. The van der Waals surface area contributed by atoms with E-state index in [0.717, 1.165) is 31.5 Å². The molecule has 2 heterocycles. The monoisotopic (exact) mass is 602 g/mol. The summed E-state index contributed by atoms with van der Waals surface area (Å²) in [6, 6.07) is 18.0. The highest BCUT2D eigenvalue weighted by atomic mass is 19.1. The third-order valence-corrected chi connectivity index (χ3v) is 7.98. The number of methoxy groups -OCH3 is 1. The number of fused-ring (bicyclic) bond motifs is 1. The summed E-state index contributed by atoms with van der Waals surface area (Å²) in [5.74, 6) is -0.340. The van der Waals surface area contributed by atoms with Gasteiger partial charge in [-0.05, 0) is 80.9 Å². The Labute approximate surface area is 255 Å². The maximum atomic E-state index is 14.1. The van der Waals surface area contributed by atoms with Crippen LogP contribution in [-0.2, 0) is 17.8 Å². The number of likely N-dealkylation sites (tertiary alicyclic amines) is 1. The summed E-state index contributed by atoms with van der Waals surface area (Å²) in [6.45, 7) is 5.44. The average Bonchev–Trinajstić information content (AvgIpc) is 3.03. The van der Waals surface area contributed by atoms with Gasteiger partial charge in [-0.15, -0.1) is 0 Å². The number of carbonyl (C=O) groups is 1. The van der Waals surface area contributed by atoms with Gasteiger partial charge in [0.05, 0.1) is 29.7 Å². The fourth-order valence-corrected chi connectivity index (χ4v) is 5.60. The first-order valence-electron chi connectivity index (χ1n) is 15.0. The van der Waals surface area contributed by atoms with E-state index in [0.29, 0.717) is 41.1 Å². The molecule has 1 saturated heterocycles. The fourth-order valence-electron chi connectivity index (χ4n) is 5.60. The summed E-state index contributed by atoms with van der Waals surface area (Å²) in [5.41, 5.74) is 1.95. The number of piperidine rings is 1. The first kappa shape index (κ1) is 31.0. The van der Waals surface area contributed by atoms with Crippen molar-refractivity contribution in [2.24, 2.45) is 0 Å². The van der Waals surface area contributed by atoms with Crippen LogP contribution in [0.4, 0.5) is 26.2 Å². The molecular formula is C33H39FN6O4. The van der Waals surface area contributed by atoms with E-state index in [1.807, 2.05) is 25.1 Å². The van der Waals surface area contributed by atoms with Gasteiger partial charge in [-0.1, -0.05) is 30.7 Å². The summed E-state index contributed by atoms with van der Waals surface area (Å²) in [5, 5.41) is 9.12. The minimum Gasteiger partial charge on any atom is -0.383 e. The molecule has 1 unspecified atom stereocenters. The molecule has 0 aliphatic carbocycles. The number of nitrogens with one attached hydrogen (secondary N) is 3. The molecule has 0 bridgehead atoms. The van der Waals surface area contributed by atoms with Gasteiger partial charge in [0.2, 0.25) is 0 Å². The lowest BCUT2D eigenvalue weighted by Gasteiger charge is -2.27. The Morgan fingerprint density at radius 3 is 2.39 bits per heavy atom. The summed E-state index contributed by atoms with van der Waals surface area (Å²) in [6.07, 6.45) is 3.52. The summed E-state index contributed by atoms with van der Waals surface area (Å²) >= 11 is 0. The normalized spacial score (nSPS) is 14.3. The van der Waals surface area contributed by atoms with Gasteiger partial charge >= 0.3 is 11.7 Å². The second-order valence-electron chi connectivity index (χ2n) is 11.1. The van der Waals surface area contributed by atoms with Crippen LogP contribution in [-0.4, -0.2) is 53.4 Å². The number of nitrogens with zero attached hydrogens (tertiary/aromatic N) is 3. The number of carbonyl (C=O) groups excluding carboxylic acids is 1. The molecule has 4 aromatic rings. The molecule has 2 amide bonds. The molecular weight excluding hydrogens is 563 g/mol. The number of hydrogen-bond donors (Lipinski definition) is 3. The number of benzene rings is 3. The van der Waals surface area contributed by atoms with E-state index < -0.39 is 11.6 Å². The smallest absolute Gasteiger partial charge is 0.331 e. The van der Waals surface area contributed by atoms with E-state index in [1.54, 1.807) is 47.0 Å². The maximum Gasteiger partial charge on any atom is 0.331 e. The Bertz CT molecular complexity index is 1730. The zero-order valence-corrected chi connectivity index (χ0v) is 25.1. The van der Waals surface area contributed by atoms with Crippen LogP contribution in [0.25, 0.3) is 10.9 Å². The highest BCUT2D eigenvalue weighted by molar-refractivity contribution is 6.01. The third-order valence-electron chi connectivity index (χ3n) is 7.98. The number of hydrogen-bond acceptors (Lipinski definition) is 6. The molecule has 1 aliphatic heterocycles. The highest BCUT2D eigenvalue weighted by Crippen LogP contribution is 2.24. The Hall–Kier alpha value is -4.48. The van der Waals surface area contributed by atoms with E-state index in [2.05, 4.69) is 20.9 Å². The van der Waals surface area contributed by atoms with E-state index in [-0.39, 0.29) is 30.7 Å². The number of ether oxygens (including phenoxy) is 1. The summed E-state index contributed by atoms with van der Waals surface area (Å²) < 4.78 is 22.1. The Balaban J connectivity index is 1.33. The van der Waals surface area contributed by atoms with Gasteiger partial charge in [0.15, 0.2) is 0 Å². The second kappa shape index (κ2) is 14.3. The van der Waals surface area contributed by atoms with E-state index in [9.17, 15) is 18.8 Å². The van der Waals surface area contributed by atoms with E-state index >= 15 is 0 Å². The Morgan fingerprint density at radius 1 is 0.886 bits per heavy atom. The molecule has 1 aromatic heterocycles. The lowest BCUT2D eigenvalue weighted by Crippen LogP contribution is -2.43. The van der Waals surface area contributed by atoms with Crippen molar-refractivity contribution in [1.82, 2.24) is 14.0 Å². The van der Waals surface area contributed by atoms with Gasteiger partial charge < -0.3 is 25.6 Å².